The molecule has 0 radical (unpaired) electrons. The van der Waals surface area contributed by atoms with Crippen LogP contribution in [0.25, 0.3) is 0 Å². The van der Waals surface area contributed by atoms with Gasteiger partial charge in [-0.3, -0.25) is 9.59 Å². The van der Waals surface area contributed by atoms with E-state index in [-0.39, 0.29) is 19.4 Å². The van der Waals surface area contributed by atoms with Gasteiger partial charge in [0.25, 0.3) is 0 Å². The number of aliphatic carboxylic acids is 1. The number of methoxy groups -OCH3 is 1. The predicted molar refractivity (Wildman–Crippen MR) is 71.6 cm³/mol. The molecule has 1 saturated heterocycles. The molecule has 0 saturated carbocycles. The molecule has 0 aromatic rings. The van der Waals surface area contributed by atoms with Crippen molar-refractivity contribution in [1.82, 2.24) is 4.31 Å². The normalized spacial score (nSPS) is 25.4. The molecule has 1 aliphatic heterocycles. The zero-order valence-corrected chi connectivity index (χ0v) is 12.8. The molecule has 7 nitrogen and oxygen atoms in total. The van der Waals surface area contributed by atoms with Gasteiger partial charge in [0.05, 0.1) is 7.11 Å². The molecule has 1 aliphatic rings. The summed E-state index contributed by atoms with van der Waals surface area (Å²) in [7, 11) is -2.94. The van der Waals surface area contributed by atoms with Gasteiger partial charge in [-0.25, -0.2) is 8.42 Å². The van der Waals surface area contributed by atoms with Gasteiger partial charge in [0, 0.05) is 6.54 Å². The molecule has 1 rings (SSSR count). The van der Waals surface area contributed by atoms with Crippen LogP contribution in [0.3, 0.4) is 0 Å². The third-order valence-corrected chi connectivity index (χ3v) is 6.01. The fourth-order valence-electron chi connectivity index (χ4n) is 2.69. The Kier molecular flexibility index (Phi) is 5.15. The molecule has 0 aliphatic carbocycles. The maximum Gasteiger partial charge on any atom is 0.325 e. The van der Waals surface area contributed by atoms with Crippen LogP contribution < -0.4 is 0 Å². The van der Waals surface area contributed by atoms with Gasteiger partial charge in [-0.15, -0.1) is 0 Å². The molecule has 0 aromatic heterocycles. The van der Waals surface area contributed by atoms with Crippen molar-refractivity contribution in [2.75, 3.05) is 13.7 Å². The van der Waals surface area contributed by atoms with Crippen LogP contribution in [0, 0.1) is 0 Å². The number of carbonyl (C=O) groups excluding carboxylic acids is 1. The standard InChI is InChI=1S/C12H21NO6S/c1-4-6-12(11(15)16)7-5-8-13(12)20(17,18)9(2)10(14)19-3/h9H,4-8H2,1-3H3,(H,15,16). The lowest BCUT2D eigenvalue weighted by molar-refractivity contribution is -0.148. The highest BCUT2D eigenvalue weighted by atomic mass is 32.2. The van der Waals surface area contributed by atoms with Crippen LogP contribution >= 0.6 is 0 Å². The lowest BCUT2D eigenvalue weighted by atomic mass is 9.92. The molecule has 1 fully saturated rings. The molecule has 0 amide bonds. The highest BCUT2D eigenvalue weighted by Gasteiger charge is 2.54. The van der Waals surface area contributed by atoms with Gasteiger partial charge in [-0.2, -0.15) is 4.31 Å². The van der Waals surface area contributed by atoms with Crippen LogP contribution in [0.15, 0.2) is 0 Å². The third-order valence-electron chi connectivity index (χ3n) is 3.78. The summed E-state index contributed by atoms with van der Waals surface area (Å²) in [5, 5.41) is 8.08. The predicted octanol–water partition coefficient (Wildman–Crippen LogP) is 0.597. The van der Waals surface area contributed by atoms with Crippen LogP contribution in [0.2, 0.25) is 0 Å². The lowest BCUT2D eigenvalue weighted by Crippen LogP contribution is -2.55. The number of rotatable bonds is 6. The van der Waals surface area contributed by atoms with Crippen molar-refractivity contribution in [2.45, 2.75) is 50.3 Å². The van der Waals surface area contributed by atoms with Crippen molar-refractivity contribution in [2.24, 2.45) is 0 Å². The van der Waals surface area contributed by atoms with E-state index < -0.39 is 32.8 Å². The Balaban J connectivity index is 3.21. The fourth-order valence-corrected chi connectivity index (χ4v) is 4.54. The van der Waals surface area contributed by atoms with E-state index >= 15 is 0 Å². The molecule has 0 spiro atoms. The summed E-state index contributed by atoms with van der Waals surface area (Å²) in [6.07, 6.45) is 1.52. The topological polar surface area (TPSA) is 101 Å². The molecule has 116 valence electrons. The van der Waals surface area contributed by atoms with Crippen molar-refractivity contribution in [3.63, 3.8) is 0 Å². The molecule has 2 atom stereocenters. The van der Waals surface area contributed by atoms with Gasteiger partial charge in [0.15, 0.2) is 5.25 Å². The highest BCUT2D eigenvalue weighted by Crippen LogP contribution is 2.37. The SMILES string of the molecule is CCCC1(C(=O)O)CCCN1S(=O)(=O)C(C)C(=O)OC. The average Bonchev–Trinajstić information content (AvgIpc) is 2.83. The summed E-state index contributed by atoms with van der Waals surface area (Å²) >= 11 is 0. The number of nitrogens with zero attached hydrogens (tertiary/aromatic N) is 1. The van der Waals surface area contributed by atoms with Crippen molar-refractivity contribution in [3.05, 3.63) is 0 Å². The molecule has 2 unspecified atom stereocenters. The van der Waals surface area contributed by atoms with Crippen LogP contribution in [-0.2, 0) is 24.3 Å². The Morgan fingerprint density at radius 3 is 2.50 bits per heavy atom. The lowest BCUT2D eigenvalue weighted by Gasteiger charge is -2.34. The summed E-state index contributed by atoms with van der Waals surface area (Å²) in [6, 6.07) is 0. The Labute approximate surface area is 118 Å². The number of hydrogen-bond acceptors (Lipinski definition) is 5. The Morgan fingerprint density at radius 1 is 1.45 bits per heavy atom. The second-order valence-electron chi connectivity index (χ2n) is 4.97. The molecular formula is C12H21NO6S. The van der Waals surface area contributed by atoms with Gasteiger partial charge >= 0.3 is 11.9 Å². The van der Waals surface area contributed by atoms with E-state index in [9.17, 15) is 23.1 Å². The number of ether oxygens (including phenoxy) is 1. The van der Waals surface area contributed by atoms with Crippen LogP contribution in [-0.4, -0.2) is 54.2 Å². The van der Waals surface area contributed by atoms with Gasteiger partial charge in [0.2, 0.25) is 10.0 Å². The Bertz CT molecular complexity index is 488. The Morgan fingerprint density at radius 2 is 2.05 bits per heavy atom. The minimum absolute atomic E-state index is 0.121. The zero-order chi connectivity index (χ0) is 15.6. The van der Waals surface area contributed by atoms with E-state index in [1.165, 1.54) is 6.92 Å². The summed E-state index contributed by atoms with van der Waals surface area (Å²) in [5.74, 6) is -2.04. The van der Waals surface area contributed by atoms with Gasteiger partial charge in [0.1, 0.15) is 5.54 Å². The van der Waals surface area contributed by atoms with Crippen molar-refractivity contribution in [3.8, 4) is 0 Å². The minimum Gasteiger partial charge on any atom is -0.480 e. The maximum atomic E-state index is 12.5. The molecule has 8 heteroatoms. The number of carbonyl (C=O) groups is 2. The number of hydrogen-bond donors (Lipinski definition) is 1. The summed E-state index contributed by atoms with van der Waals surface area (Å²) in [6.45, 7) is 3.14. The first-order chi connectivity index (χ1) is 9.24. The number of carboxylic acids is 1. The van der Waals surface area contributed by atoms with E-state index in [0.29, 0.717) is 12.8 Å². The number of esters is 1. The smallest absolute Gasteiger partial charge is 0.325 e. The average molecular weight is 307 g/mol. The van der Waals surface area contributed by atoms with E-state index in [1.807, 2.05) is 0 Å². The van der Waals surface area contributed by atoms with Crippen LogP contribution in [0.5, 0.6) is 0 Å². The second-order valence-corrected chi connectivity index (χ2v) is 7.15. The number of sulfonamides is 1. The second kappa shape index (κ2) is 6.09. The van der Waals surface area contributed by atoms with E-state index in [2.05, 4.69) is 4.74 Å². The summed E-state index contributed by atoms with van der Waals surface area (Å²) in [4.78, 5) is 23.1. The molecule has 1 N–H and O–H groups in total. The quantitative estimate of drug-likeness (QED) is 0.721. The maximum absolute atomic E-state index is 12.5. The van der Waals surface area contributed by atoms with Crippen LogP contribution in [0.4, 0.5) is 0 Å². The number of carboxylic acid groups (broad SMARTS) is 1. The van der Waals surface area contributed by atoms with Gasteiger partial charge in [-0.1, -0.05) is 13.3 Å². The minimum atomic E-state index is -4.05. The first kappa shape index (κ1) is 16.9. The monoisotopic (exact) mass is 307 g/mol. The summed E-state index contributed by atoms with van der Waals surface area (Å²) in [5.41, 5.74) is -1.43. The van der Waals surface area contributed by atoms with Gasteiger partial charge in [-0.05, 0) is 26.2 Å². The fraction of sp³-hybridized carbons (Fsp3) is 0.833. The molecule has 0 bridgehead atoms. The van der Waals surface area contributed by atoms with Crippen molar-refractivity contribution >= 4 is 22.0 Å². The largest absolute Gasteiger partial charge is 0.480 e. The summed E-state index contributed by atoms with van der Waals surface area (Å²) < 4.78 is 30.4. The van der Waals surface area contributed by atoms with Crippen LogP contribution in [0.1, 0.15) is 39.5 Å². The highest BCUT2D eigenvalue weighted by molar-refractivity contribution is 7.90. The first-order valence-corrected chi connectivity index (χ1v) is 8.07. The van der Waals surface area contributed by atoms with Crippen molar-refractivity contribution < 1.29 is 27.9 Å². The molecule has 0 aromatic carbocycles. The van der Waals surface area contributed by atoms with E-state index in [0.717, 1.165) is 11.4 Å². The van der Waals surface area contributed by atoms with Gasteiger partial charge < -0.3 is 9.84 Å². The van der Waals surface area contributed by atoms with Crippen molar-refractivity contribution in [1.29, 1.82) is 0 Å². The van der Waals surface area contributed by atoms with E-state index in [4.69, 9.17) is 0 Å². The molecule has 20 heavy (non-hydrogen) atoms. The Hall–Kier alpha value is -1.15. The van der Waals surface area contributed by atoms with E-state index in [1.54, 1.807) is 6.92 Å². The molecule has 1 heterocycles. The molecular weight excluding hydrogens is 286 g/mol. The zero-order valence-electron chi connectivity index (χ0n) is 12.0. The third kappa shape index (κ3) is 2.67. The first-order valence-electron chi connectivity index (χ1n) is 6.57.